The number of methoxy groups -OCH3 is 1. The van der Waals surface area contributed by atoms with E-state index in [9.17, 15) is 18.0 Å². The van der Waals surface area contributed by atoms with Gasteiger partial charge in [-0.3, -0.25) is 9.59 Å². The van der Waals surface area contributed by atoms with Gasteiger partial charge in [-0.15, -0.1) is 0 Å². The molecule has 208 valence electrons. The molecule has 0 aliphatic rings. The molecule has 0 fully saturated rings. The Hall–Kier alpha value is -3.40. The second-order valence-corrected chi connectivity index (χ2v) is 11.2. The molecule has 0 spiro atoms. The van der Waals surface area contributed by atoms with Crippen LogP contribution in [-0.2, 0) is 39.1 Å². The topological polar surface area (TPSA) is 105 Å². The Balaban J connectivity index is 1.70. The number of rotatable bonds is 13. The zero-order valence-electron chi connectivity index (χ0n) is 22.3. The third-order valence-electron chi connectivity index (χ3n) is 6.25. The molecule has 0 aliphatic carbocycles. The second-order valence-electron chi connectivity index (χ2n) is 9.04. The summed E-state index contributed by atoms with van der Waals surface area (Å²) in [4.78, 5) is 28.2. The minimum absolute atomic E-state index is 0.157. The summed E-state index contributed by atoms with van der Waals surface area (Å²) in [5.74, 6) is 0.235. The first-order chi connectivity index (χ1) is 18.6. The zero-order valence-corrected chi connectivity index (χ0v) is 23.9. The van der Waals surface area contributed by atoms with Crippen molar-refractivity contribution in [2.75, 3.05) is 13.7 Å². The van der Waals surface area contributed by atoms with Crippen LogP contribution >= 0.6 is 11.6 Å². The number of sulfonamides is 1. The molecule has 0 saturated heterocycles. The first kappa shape index (κ1) is 30.1. The van der Waals surface area contributed by atoms with Crippen molar-refractivity contribution in [3.05, 3.63) is 94.5 Å². The highest BCUT2D eigenvalue weighted by atomic mass is 35.5. The van der Waals surface area contributed by atoms with E-state index >= 15 is 0 Å². The van der Waals surface area contributed by atoms with Gasteiger partial charge in [-0.05, 0) is 66.4 Å². The van der Waals surface area contributed by atoms with Crippen molar-refractivity contribution in [2.24, 2.45) is 0 Å². The van der Waals surface area contributed by atoms with E-state index in [4.69, 9.17) is 16.3 Å². The van der Waals surface area contributed by atoms with Crippen LogP contribution < -0.4 is 14.8 Å². The maximum atomic E-state index is 13.4. The van der Waals surface area contributed by atoms with Gasteiger partial charge in [-0.2, -0.15) is 0 Å². The minimum atomic E-state index is -3.55. The van der Waals surface area contributed by atoms with Crippen molar-refractivity contribution in [1.82, 2.24) is 14.9 Å². The van der Waals surface area contributed by atoms with Gasteiger partial charge in [0.2, 0.25) is 21.8 Å². The molecule has 0 radical (unpaired) electrons. The number of ether oxygens (including phenoxy) is 1. The third-order valence-corrected chi connectivity index (χ3v) is 8.07. The van der Waals surface area contributed by atoms with Crippen molar-refractivity contribution in [3.8, 4) is 5.75 Å². The van der Waals surface area contributed by atoms with E-state index in [0.717, 1.165) is 16.7 Å². The lowest BCUT2D eigenvalue weighted by Crippen LogP contribution is -2.47. The third kappa shape index (κ3) is 8.81. The molecular formula is C29H34ClN3O5S. The monoisotopic (exact) mass is 571 g/mol. The van der Waals surface area contributed by atoms with Crippen molar-refractivity contribution in [2.45, 2.75) is 50.7 Å². The van der Waals surface area contributed by atoms with Crippen LogP contribution in [0.2, 0.25) is 5.02 Å². The average molecular weight is 572 g/mol. The molecule has 39 heavy (non-hydrogen) atoms. The zero-order chi connectivity index (χ0) is 28.4. The van der Waals surface area contributed by atoms with E-state index in [1.165, 1.54) is 12.1 Å². The first-order valence-corrected chi connectivity index (χ1v) is 14.5. The van der Waals surface area contributed by atoms with E-state index in [1.807, 2.05) is 36.4 Å². The van der Waals surface area contributed by atoms with Crippen LogP contribution in [0.25, 0.3) is 0 Å². The molecule has 3 rings (SSSR count). The van der Waals surface area contributed by atoms with E-state index in [1.54, 1.807) is 50.1 Å². The Bertz CT molecular complexity index is 1350. The first-order valence-electron chi connectivity index (χ1n) is 12.7. The highest BCUT2D eigenvalue weighted by Crippen LogP contribution is 2.18. The number of hydrogen-bond donors (Lipinski definition) is 2. The van der Waals surface area contributed by atoms with Gasteiger partial charge in [-0.1, -0.05) is 54.9 Å². The lowest BCUT2D eigenvalue weighted by molar-refractivity contribution is -0.140. The number of hydrogen-bond acceptors (Lipinski definition) is 5. The maximum absolute atomic E-state index is 13.4. The molecule has 0 unspecified atom stereocenters. The molecule has 8 nitrogen and oxygen atoms in total. The number of aryl methyl sites for hydroxylation is 1. The summed E-state index contributed by atoms with van der Waals surface area (Å²) in [5, 5.41) is 3.52. The predicted molar refractivity (Wildman–Crippen MR) is 152 cm³/mol. The van der Waals surface area contributed by atoms with Crippen LogP contribution in [0.5, 0.6) is 5.75 Å². The standard InChI is InChI=1S/C29H34ClN3O5S/c1-4-32-39(36,37)27-16-9-22(10-17-27)11-18-28(34)33(20-24-7-14-26(38-3)15-8-24)21(2)29(35)31-19-23-5-12-25(30)13-6-23/h5-10,12-17,21,32H,4,11,18-20H2,1-3H3,(H,31,35)/t21-/m0/s1. The van der Waals surface area contributed by atoms with Crippen LogP contribution in [0.15, 0.2) is 77.7 Å². The van der Waals surface area contributed by atoms with Crippen LogP contribution in [0.1, 0.15) is 37.0 Å². The molecular weight excluding hydrogens is 538 g/mol. The lowest BCUT2D eigenvalue weighted by Gasteiger charge is -2.29. The fourth-order valence-corrected chi connectivity index (χ4v) is 5.12. The molecule has 3 aromatic rings. The quantitative estimate of drug-likeness (QED) is 0.318. The van der Waals surface area contributed by atoms with Gasteiger partial charge in [0.1, 0.15) is 11.8 Å². The minimum Gasteiger partial charge on any atom is -0.497 e. The fraction of sp³-hybridized carbons (Fsp3) is 0.310. The largest absolute Gasteiger partial charge is 0.497 e. The number of amides is 2. The van der Waals surface area contributed by atoms with E-state index in [0.29, 0.717) is 30.3 Å². The lowest BCUT2D eigenvalue weighted by atomic mass is 10.1. The Morgan fingerprint density at radius 3 is 2.10 bits per heavy atom. The summed E-state index contributed by atoms with van der Waals surface area (Å²) in [5.41, 5.74) is 2.58. The van der Waals surface area contributed by atoms with Crippen LogP contribution in [0, 0.1) is 0 Å². The van der Waals surface area contributed by atoms with Gasteiger partial charge < -0.3 is 15.0 Å². The van der Waals surface area contributed by atoms with E-state index < -0.39 is 16.1 Å². The van der Waals surface area contributed by atoms with Crippen LogP contribution in [0.4, 0.5) is 0 Å². The van der Waals surface area contributed by atoms with Crippen molar-refractivity contribution in [3.63, 3.8) is 0 Å². The average Bonchev–Trinajstić information content (AvgIpc) is 2.94. The Labute approximate surface area is 235 Å². The molecule has 1 atom stereocenters. The number of nitrogens with one attached hydrogen (secondary N) is 2. The van der Waals surface area contributed by atoms with E-state index in [-0.39, 0.29) is 29.7 Å². The molecule has 0 heterocycles. The molecule has 0 aromatic heterocycles. The van der Waals surface area contributed by atoms with Crippen molar-refractivity contribution in [1.29, 1.82) is 0 Å². The van der Waals surface area contributed by atoms with Crippen LogP contribution in [-0.4, -0.2) is 44.8 Å². The summed E-state index contributed by atoms with van der Waals surface area (Å²) in [6.07, 6.45) is 0.558. The van der Waals surface area contributed by atoms with Gasteiger partial charge in [0, 0.05) is 31.1 Å². The number of halogens is 1. The molecule has 0 aliphatic heterocycles. The normalized spacial score (nSPS) is 12.0. The summed E-state index contributed by atoms with van der Waals surface area (Å²) >= 11 is 5.94. The molecule has 10 heteroatoms. The molecule has 3 aromatic carbocycles. The van der Waals surface area contributed by atoms with Gasteiger partial charge >= 0.3 is 0 Å². The molecule has 2 N–H and O–H groups in total. The van der Waals surface area contributed by atoms with Crippen LogP contribution in [0.3, 0.4) is 0 Å². The fourth-order valence-electron chi connectivity index (χ4n) is 3.95. The highest BCUT2D eigenvalue weighted by molar-refractivity contribution is 7.89. The van der Waals surface area contributed by atoms with Gasteiger partial charge in [-0.25, -0.2) is 13.1 Å². The Kier molecular flexibility index (Phi) is 10.9. The summed E-state index contributed by atoms with van der Waals surface area (Å²) in [7, 11) is -1.96. The number of carbonyl (C=O) groups excluding carboxylic acids is 2. The molecule has 0 bridgehead atoms. The van der Waals surface area contributed by atoms with Gasteiger partial charge in [0.15, 0.2) is 0 Å². The summed E-state index contributed by atoms with van der Waals surface area (Å²) in [6.45, 7) is 4.28. The van der Waals surface area contributed by atoms with Crippen molar-refractivity contribution < 1.29 is 22.7 Å². The SMILES string of the molecule is CCNS(=O)(=O)c1ccc(CCC(=O)N(Cc2ccc(OC)cc2)[C@@H](C)C(=O)NCc2ccc(Cl)cc2)cc1. The number of carbonyl (C=O) groups is 2. The second kappa shape index (κ2) is 14.1. The smallest absolute Gasteiger partial charge is 0.242 e. The van der Waals surface area contributed by atoms with Gasteiger partial charge in [0.25, 0.3) is 0 Å². The Morgan fingerprint density at radius 2 is 1.51 bits per heavy atom. The Morgan fingerprint density at radius 1 is 0.923 bits per heavy atom. The highest BCUT2D eigenvalue weighted by Gasteiger charge is 2.26. The molecule has 2 amide bonds. The predicted octanol–water partition coefficient (Wildman–Crippen LogP) is 4.31. The van der Waals surface area contributed by atoms with Crippen molar-refractivity contribution >= 4 is 33.4 Å². The summed E-state index contributed by atoms with van der Waals surface area (Å²) in [6, 6.07) is 20.3. The maximum Gasteiger partial charge on any atom is 0.242 e. The molecule has 0 saturated carbocycles. The number of nitrogens with zero attached hydrogens (tertiary/aromatic N) is 1. The van der Waals surface area contributed by atoms with Gasteiger partial charge in [0.05, 0.1) is 12.0 Å². The number of benzene rings is 3. The summed E-state index contributed by atoms with van der Waals surface area (Å²) < 4.78 is 32.1. The van der Waals surface area contributed by atoms with E-state index in [2.05, 4.69) is 10.0 Å².